The molecule has 1 saturated heterocycles. The van der Waals surface area contributed by atoms with Crippen LogP contribution in [0.15, 0.2) is 17.3 Å². The van der Waals surface area contributed by atoms with Crippen LogP contribution in [0.25, 0.3) is 0 Å². The van der Waals surface area contributed by atoms with E-state index in [4.69, 9.17) is 0 Å². The van der Waals surface area contributed by atoms with E-state index in [9.17, 15) is 8.42 Å². The van der Waals surface area contributed by atoms with Gasteiger partial charge in [0.2, 0.25) is 10.0 Å². The second-order valence-corrected chi connectivity index (χ2v) is 7.27. The summed E-state index contributed by atoms with van der Waals surface area (Å²) in [5, 5.41) is 9.77. The fourth-order valence-corrected chi connectivity index (χ4v) is 4.20. The van der Waals surface area contributed by atoms with Gasteiger partial charge in [0, 0.05) is 31.4 Å². The van der Waals surface area contributed by atoms with Gasteiger partial charge < -0.3 is 5.32 Å². The van der Waals surface area contributed by atoms with Gasteiger partial charge in [-0.2, -0.15) is 9.40 Å². The molecule has 0 radical (unpaired) electrons. The maximum Gasteiger partial charge on any atom is 0.246 e. The average Bonchev–Trinajstić information content (AvgIpc) is 3.07. The molecule has 1 aromatic rings. The predicted octanol–water partition coefficient (Wildman–Crippen LogP) is 0.705. The van der Waals surface area contributed by atoms with Gasteiger partial charge in [-0.05, 0) is 25.7 Å². The summed E-state index contributed by atoms with van der Waals surface area (Å²) < 4.78 is 26.8. The lowest BCUT2D eigenvalue weighted by molar-refractivity contribution is 0.245. The first-order valence-electron chi connectivity index (χ1n) is 6.92. The van der Waals surface area contributed by atoms with Crippen LogP contribution in [0, 0.1) is 0 Å². The minimum absolute atomic E-state index is 0.0780. The number of rotatable bonds is 5. The molecule has 6 nitrogen and oxygen atoms in total. The first-order chi connectivity index (χ1) is 9.18. The predicted molar refractivity (Wildman–Crippen MR) is 71.1 cm³/mol. The molecule has 1 atom stereocenters. The fourth-order valence-electron chi connectivity index (χ4n) is 2.60. The SMILES string of the molecule is O=S(=O)(c1cn[nH]c1)N1CCCCC1CNC1CC1. The first kappa shape index (κ1) is 13.1. The highest BCUT2D eigenvalue weighted by atomic mass is 32.2. The molecule has 1 unspecified atom stereocenters. The maximum absolute atomic E-state index is 12.6. The molecule has 1 aromatic heterocycles. The Balaban J connectivity index is 1.75. The van der Waals surface area contributed by atoms with Crippen molar-refractivity contribution in [3.63, 3.8) is 0 Å². The number of aromatic amines is 1. The van der Waals surface area contributed by atoms with Gasteiger partial charge in [-0.1, -0.05) is 6.42 Å². The molecule has 106 valence electrons. The second kappa shape index (κ2) is 5.22. The Labute approximate surface area is 113 Å². The number of nitrogens with one attached hydrogen (secondary N) is 2. The van der Waals surface area contributed by atoms with E-state index in [0.717, 1.165) is 25.8 Å². The number of sulfonamides is 1. The van der Waals surface area contributed by atoms with Crippen LogP contribution in [0.5, 0.6) is 0 Å². The lowest BCUT2D eigenvalue weighted by atomic mass is 10.1. The van der Waals surface area contributed by atoms with E-state index in [0.29, 0.717) is 12.6 Å². The summed E-state index contributed by atoms with van der Waals surface area (Å²) in [4.78, 5) is 0.269. The van der Waals surface area contributed by atoms with Gasteiger partial charge in [-0.25, -0.2) is 8.42 Å². The van der Waals surface area contributed by atoms with E-state index < -0.39 is 10.0 Å². The van der Waals surface area contributed by atoms with Gasteiger partial charge in [0.25, 0.3) is 0 Å². The second-order valence-electron chi connectivity index (χ2n) is 5.38. The summed E-state index contributed by atoms with van der Waals surface area (Å²) in [6.07, 6.45) is 8.27. The monoisotopic (exact) mass is 284 g/mol. The van der Waals surface area contributed by atoms with Gasteiger partial charge >= 0.3 is 0 Å². The van der Waals surface area contributed by atoms with Crippen LogP contribution in [0.4, 0.5) is 0 Å². The van der Waals surface area contributed by atoms with Crippen LogP contribution in [-0.4, -0.2) is 48.1 Å². The van der Waals surface area contributed by atoms with Crippen molar-refractivity contribution in [1.82, 2.24) is 19.8 Å². The van der Waals surface area contributed by atoms with Gasteiger partial charge in [0.15, 0.2) is 0 Å². The molecule has 7 heteroatoms. The lowest BCUT2D eigenvalue weighted by Crippen LogP contribution is -2.48. The summed E-state index contributed by atoms with van der Waals surface area (Å²) in [5.74, 6) is 0. The molecule has 2 aliphatic rings. The molecule has 0 bridgehead atoms. The number of aromatic nitrogens is 2. The Bertz CT molecular complexity index is 510. The van der Waals surface area contributed by atoms with Crippen molar-refractivity contribution in [1.29, 1.82) is 0 Å². The van der Waals surface area contributed by atoms with Crippen LogP contribution >= 0.6 is 0 Å². The Morgan fingerprint density at radius 1 is 1.37 bits per heavy atom. The Kier molecular flexibility index (Phi) is 3.60. The molecule has 19 heavy (non-hydrogen) atoms. The van der Waals surface area contributed by atoms with Gasteiger partial charge in [0.1, 0.15) is 4.90 Å². The highest BCUT2D eigenvalue weighted by Gasteiger charge is 2.34. The molecule has 1 aliphatic carbocycles. The number of nitrogens with zero attached hydrogens (tertiary/aromatic N) is 2. The molecule has 2 heterocycles. The molecular formula is C12H20N4O2S. The minimum atomic E-state index is -3.40. The smallest absolute Gasteiger partial charge is 0.246 e. The van der Waals surface area contributed by atoms with E-state index in [1.807, 2.05) is 0 Å². The Morgan fingerprint density at radius 3 is 2.89 bits per heavy atom. The summed E-state index contributed by atoms with van der Waals surface area (Å²) in [6, 6.07) is 0.689. The van der Waals surface area contributed by atoms with Crippen molar-refractivity contribution in [2.45, 2.75) is 49.1 Å². The van der Waals surface area contributed by atoms with Crippen molar-refractivity contribution in [3.05, 3.63) is 12.4 Å². The zero-order valence-corrected chi connectivity index (χ0v) is 11.7. The van der Waals surface area contributed by atoms with Crippen LogP contribution in [0.3, 0.4) is 0 Å². The summed E-state index contributed by atoms with van der Waals surface area (Å²) in [5.41, 5.74) is 0. The molecule has 0 aromatic carbocycles. The lowest BCUT2D eigenvalue weighted by Gasteiger charge is -2.34. The quantitative estimate of drug-likeness (QED) is 0.834. The zero-order chi connectivity index (χ0) is 13.3. The molecule has 3 rings (SSSR count). The van der Waals surface area contributed by atoms with E-state index in [2.05, 4.69) is 15.5 Å². The minimum Gasteiger partial charge on any atom is -0.312 e. The van der Waals surface area contributed by atoms with Gasteiger partial charge in [0.05, 0.1) is 6.20 Å². The van der Waals surface area contributed by atoms with Gasteiger partial charge in [-0.3, -0.25) is 5.10 Å². The van der Waals surface area contributed by atoms with E-state index in [1.165, 1.54) is 25.2 Å². The third-order valence-corrected chi connectivity index (χ3v) is 5.79. The van der Waals surface area contributed by atoms with Crippen LogP contribution < -0.4 is 5.32 Å². The normalized spacial score (nSPS) is 25.6. The highest BCUT2D eigenvalue weighted by molar-refractivity contribution is 7.89. The first-order valence-corrected chi connectivity index (χ1v) is 8.36. The molecule has 0 amide bonds. The third kappa shape index (κ3) is 2.82. The van der Waals surface area contributed by atoms with Crippen molar-refractivity contribution < 1.29 is 8.42 Å². The molecule has 1 saturated carbocycles. The molecular weight excluding hydrogens is 264 g/mol. The molecule has 0 spiro atoms. The zero-order valence-electron chi connectivity index (χ0n) is 10.9. The van der Waals surface area contributed by atoms with Crippen molar-refractivity contribution in [2.75, 3.05) is 13.1 Å². The van der Waals surface area contributed by atoms with E-state index in [1.54, 1.807) is 4.31 Å². The maximum atomic E-state index is 12.6. The number of piperidine rings is 1. The van der Waals surface area contributed by atoms with E-state index in [-0.39, 0.29) is 10.9 Å². The summed E-state index contributed by atoms with van der Waals surface area (Å²) in [7, 11) is -3.40. The average molecular weight is 284 g/mol. The number of hydrogen-bond donors (Lipinski definition) is 2. The molecule has 2 fully saturated rings. The molecule has 1 aliphatic heterocycles. The number of hydrogen-bond acceptors (Lipinski definition) is 4. The fraction of sp³-hybridized carbons (Fsp3) is 0.750. The highest BCUT2D eigenvalue weighted by Crippen LogP contribution is 2.25. The topological polar surface area (TPSA) is 78.1 Å². The summed E-state index contributed by atoms with van der Waals surface area (Å²) in [6.45, 7) is 1.38. The largest absolute Gasteiger partial charge is 0.312 e. The van der Waals surface area contributed by atoms with Gasteiger partial charge in [-0.15, -0.1) is 0 Å². The Morgan fingerprint density at radius 2 is 2.21 bits per heavy atom. The Hall–Kier alpha value is -0.920. The standard InChI is InChI=1S/C12H20N4O2S/c17-19(18,12-8-14-15-9-12)16-6-2-1-3-11(16)7-13-10-4-5-10/h8-11,13H,1-7H2,(H,14,15). The van der Waals surface area contributed by atoms with Crippen LogP contribution in [0.1, 0.15) is 32.1 Å². The molecule has 2 N–H and O–H groups in total. The number of H-pyrrole nitrogens is 1. The van der Waals surface area contributed by atoms with Crippen LogP contribution in [0.2, 0.25) is 0 Å². The van der Waals surface area contributed by atoms with Crippen molar-refractivity contribution >= 4 is 10.0 Å². The summed E-state index contributed by atoms with van der Waals surface area (Å²) >= 11 is 0. The van der Waals surface area contributed by atoms with Crippen LogP contribution in [-0.2, 0) is 10.0 Å². The van der Waals surface area contributed by atoms with Crippen molar-refractivity contribution in [3.8, 4) is 0 Å². The third-order valence-electron chi connectivity index (χ3n) is 3.87. The van der Waals surface area contributed by atoms with E-state index >= 15 is 0 Å². The van der Waals surface area contributed by atoms with Crippen molar-refractivity contribution in [2.24, 2.45) is 0 Å².